The summed E-state index contributed by atoms with van der Waals surface area (Å²) >= 11 is 1.12. The molecule has 7 nitrogen and oxygen atoms in total. The molecule has 1 aliphatic carbocycles. The summed E-state index contributed by atoms with van der Waals surface area (Å²) in [7, 11) is 0. The number of aliphatic imine (C=N–C) groups is 1. The molecule has 0 unspecified atom stereocenters. The third kappa shape index (κ3) is 6.20. The van der Waals surface area contributed by atoms with Gasteiger partial charge in [0.15, 0.2) is 18.2 Å². The normalized spacial score (nSPS) is 13.7. The number of carbonyl (C=O) groups excluding carboxylic acids is 1. The molecule has 0 aliphatic heterocycles. The number of fused-ring (bicyclic) bond motifs is 1. The van der Waals surface area contributed by atoms with Crippen molar-refractivity contribution in [3.05, 3.63) is 94.8 Å². The zero-order valence-electron chi connectivity index (χ0n) is 22.4. The van der Waals surface area contributed by atoms with Crippen LogP contribution in [-0.4, -0.2) is 37.6 Å². The molecule has 0 atom stereocenters. The summed E-state index contributed by atoms with van der Waals surface area (Å²) in [6, 6.07) is 19.1. The minimum atomic E-state index is -0.162. The van der Waals surface area contributed by atoms with Crippen molar-refractivity contribution >= 4 is 40.6 Å². The molecule has 0 radical (unpaired) electrons. The summed E-state index contributed by atoms with van der Waals surface area (Å²) in [6.07, 6.45) is 3.51. The second kappa shape index (κ2) is 12.7. The topological polar surface area (TPSA) is 72.4 Å². The monoisotopic (exact) mass is 531 g/mol. The van der Waals surface area contributed by atoms with Crippen molar-refractivity contribution in [1.82, 2.24) is 0 Å². The number of rotatable bonds is 11. The Morgan fingerprint density at radius 1 is 0.947 bits per heavy atom. The number of anilines is 2. The van der Waals surface area contributed by atoms with Gasteiger partial charge in [-0.3, -0.25) is 4.79 Å². The van der Waals surface area contributed by atoms with Crippen molar-refractivity contribution in [3.63, 3.8) is 0 Å². The maximum atomic E-state index is 13.2. The van der Waals surface area contributed by atoms with Crippen LogP contribution < -0.4 is 15.1 Å². The van der Waals surface area contributed by atoms with Crippen LogP contribution >= 0.6 is 12.0 Å². The molecule has 8 heteroatoms. The molecule has 1 N–H and O–H groups in total. The van der Waals surface area contributed by atoms with Crippen molar-refractivity contribution < 1.29 is 18.8 Å². The number of nitrogens with zero attached hydrogens (tertiary/aromatic N) is 2. The zero-order valence-corrected chi connectivity index (χ0v) is 23.2. The largest absolute Gasteiger partial charge is 0.469 e. The number of hydrogen-bond acceptors (Lipinski definition) is 8. The van der Waals surface area contributed by atoms with Gasteiger partial charge in [0.05, 0.1) is 11.4 Å². The van der Waals surface area contributed by atoms with Crippen LogP contribution in [0.3, 0.4) is 0 Å². The van der Waals surface area contributed by atoms with Crippen LogP contribution in [0.5, 0.6) is 5.75 Å². The van der Waals surface area contributed by atoms with Crippen LogP contribution in [-0.2, 0) is 9.07 Å². The van der Waals surface area contributed by atoms with Gasteiger partial charge in [-0.15, -0.1) is 4.33 Å². The van der Waals surface area contributed by atoms with E-state index < -0.39 is 0 Å². The number of hydrogen-bond donors (Lipinski definition) is 1. The maximum absolute atomic E-state index is 13.2. The van der Waals surface area contributed by atoms with Gasteiger partial charge in [-0.25, -0.2) is 4.99 Å². The SMILES string of the molecule is CCN(CC)c1cc(C)c(N=C2C=C(OCNc3ccc(OOSC)cc3)C(=O)c3ccccc32)c(C)c1. The van der Waals surface area contributed by atoms with Gasteiger partial charge in [0, 0.05) is 60.0 Å². The number of carbonyl (C=O) groups is 1. The quantitative estimate of drug-likeness (QED) is 0.123. The summed E-state index contributed by atoms with van der Waals surface area (Å²) in [5, 5.41) is 3.17. The molecule has 0 saturated carbocycles. The second-order valence-electron chi connectivity index (χ2n) is 8.79. The fourth-order valence-corrected chi connectivity index (χ4v) is 4.55. The van der Waals surface area contributed by atoms with Gasteiger partial charge in [0.25, 0.3) is 0 Å². The van der Waals surface area contributed by atoms with E-state index in [9.17, 15) is 4.79 Å². The predicted octanol–water partition coefficient (Wildman–Crippen LogP) is 7.03. The first-order valence-corrected chi connectivity index (χ1v) is 13.7. The smallest absolute Gasteiger partial charge is 0.228 e. The van der Waals surface area contributed by atoms with Crippen LogP contribution in [0.2, 0.25) is 0 Å². The summed E-state index contributed by atoms with van der Waals surface area (Å²) in [6.45, 7) is 10.5. The van der Waals surface area contributed by atoms with Crippen molar-refractivity contribution in [2.75, 3.05) is 36.3 Å². The van der Waals surface area contributed by atoms with Crippen LogP contribution in [0.4, 0.5) is 17.1 Å². The molecule has 3 aromatic rings. The Labute approximate surface area is 228 Å². The fraction of sp³-hybridized carbons (Fsp3) is 0.267. The minimum absolute atomic E-state index is 0.116. The van der Waals surface area contributed by atoms with Gasteiger partial charge in [-0.2, -0.15) is 0 Å². The van der Waals surface area contributed by atoms with E-state index in [0.29, 0.717) is 17.0 Å². The first-order chi connectivity index (χ1) is 18.4. The molecule has 0 amide bonds. The maximum Gasteiger partial charge on any atom is 0.228 e. The van der Waals surface area contributed by atoms with E-state index in [1.807, 2.05) is 36.4 Å². The van der Waals surface area contributed by atoms with Crippen molar-refractivity contribution in [1.29, 1.82) is 0 Å². The molecule has 4 rings (SSSR count). The average molecular weight is 532 g/mol. The van der Waals surface area contributed by atoms with E-state index in [1.165, 1.54) is 5.69 Å². The third-order valence-electron chi connectivity index (χ3n) is 6.33. The predicted molar refractivity (Wildman–Crippen MR) is 156 cm³/mol. The first kappa shape index (κ1) is 27.3. The van der Waals surface area contributed by atoms with Gasteiger partial charge in [0.2, 0.25) is 5.78 Å². The lowest BCUT2D eigenvalue weighted by Crippen LogP contribution is -2.22. The lowest BCUT2D eigenvalue weighted by molar-refractivity contribution is -0.0770. The first-order valence-electron chi connectivity index (χ1n) is 12.6. The number of aryl methyl sites for hydroxylation is 2. The Balaban J connectivity index is 1.58. The van der Waals surface area contributed by atoms with E-state index >= 15 is 0 Å². The van der Waals surface area contributed by atoms with Gasteiger partial charge in [-0.05, 0) is 75.2 Å². The lowest BCUT2D eigenvalue weighted by Gasteiger charge is -2.23. The van der Waals surface area contributed by atoms with E-state index in [1.54, 1.807) is 24.5 Å². The molecule has 0 fully saturated rings. The fourth-order valence-electron chi connectivity index (χ4n) is 4.40. The van der Waals surface area contributed by atoms with Crippen LogP contribution in [0.15, 0.2) is 77.5 Å². The summed E-state index contributed by atoms with van der Waals surface area (Å²) < 4.78 is 10.8. The standard InChI is InChI=1S/C30H33N3O4S/c1-6-33(7-2)23-16-20(3)29(21(4)17-23)32-27-18-28(30(34)26-11-9-8-10-25(26)27)35-19-31-22-12-14-24(15-13-22)36-37-38-5/h8-18,31H,6-7,19H2,1-5H3. The molecule has 0 bridgehead atoms. The van der Waals surface area contributed by atoms with Crippen molar-refractivity contribution in [3.8, 4) is 5.75 Å². The Morgan fingerprint density at radius 3 is 2.24 bits per heavy atom. The molecule has 0 heterocycles. The Morgan fingerprint density at radius 2 is 1.61 bits per heavy atom. The minimum Gasteiger partial charge on any atom is -0.469 e. The van der Waals surface area contributed by atoms with Gasteiger partial charge in [0.1, 0.15) is 0 Å². The van der Waals surface area contributed by atoms with E-state index in [0.717, 1.165) is 53.2 Å². The highest BCUT2D eigenvalue weighted by Crippen LogP contribution is 2.32. The van der Waals surface area contributed by atoms with E-state index in [4.69, 9.17) is 19.0 Å². The molecule has 0 spiro atoms. The van der Waals surface area contributed by atoms with Crippen molar-refractivity contribution in [2.24, 2.45) is 4.99 Å². The summed E-state index contributed by atoms with van der Waals surface area (Å²) in [5.74, 6) is 0.673. The Hall–Kier alpha value is -3.75. The Bertz CT molecular complexity index is 1320. The highest BCUT2D eigenvalue weighted by molar-refractivity contribution is 7.93. The van der Waals surface area contributed by atoms with Gasteiger partial charge >= 0.3 is 0 Å². The number of nitrogens with one attached hydrogen (secondary N) is 1. The molecule has 3 aromatic carbocycles. The molecule has 38 heavy (non-hydrogen) atoms. The number of allylic oxidation sites excluding steroid dienone is 2. The molecule has 198 valence electrons. The van der Waals surface area contributed by atoms with Crippen LogP contribution in [0, 0.1) is 13.8 Å². The number of benzene rings is 3. The van der Waals surface area contributed by atoms with Gasteiger partial charge in [-0.1, -0.05) is 24.3 Å². The highest BCUT2D eigenvalue weighted by atomic mass is 32.2. The molecule has 0 saturated heterocycles. The van der Waals surface area contributed by atoms with Crippen LogP contribution in [0.25, 0.3) is 0 Å². The van der Waals surface area contributed by atoms with E-state index in [2.05, 4.69) is 50.0 Å². The van der Waals surface area contributed by atoms with E-state index in [-0.39, 0.29) is 18.3 Å². The molecular weight excluding hydrogens is 498 g/mol. The molecular formula is C30H33N3O4S. The highest BCUT2D eigenvalue weighted by Gasteiger charge is 2.26. The number of Topliss-reactive ketones (excluding diaryl/α,β-unsaturated/α-hetero) is 1. The third-order valence-corrected chi connectivity index (χ3v) is 6.54. The molecule has 1 aliphatic rings. The summed E-state index contributed by atoms with van der Waals surface area (Å²) in [4.78, 5) is 25.7. The number of ketones is 1. The van der Waals surface area contributed by atoms with Crippen LogP contribution in [0.1, 0.15) is 40.9 Å². The second-order valence-corrected chi connectivity index (χ2v) is 9.26. The number of ether oxygens (including phenoxy) is 1. The zero-order chi connectivity index (χ0) is 27.1. The van der Waals surface area contributed by atoms with Crippen molar-refractivity contribution in [2.45, 2.75) is 27.7 Å². The average Bonchev–Trinajstić information content (AvgIpc) is 2.93. The molecule has 0 aromatic heterocycles. The summed E-state index contributed by atoms with van der Waals surface area (Å²) in [5.41, 5.74) is 7.16. The Kier molecular flexibility index (Phi) is 9.10. The lowest BCUT2D eigenvalue weighted by atomic mass is 9.92. The van der Waals surface area contributed by atoms with Gasteiger partial charge < -0.3 is 19.8 Å².